The van der Waals surface area contributed by atoms with Crippen LogP contribution in [-0.2, 0) is 14.4 Å². The smallest absolute Gasteiger partial charge is 0.239 e. The molecule has 0 aromatic carbocycles. The fourth-order valence-corrected chi connectivity index (χ4v) is 3.61. The van der Waals surface area contributed by atoms with Gasteiger partial charge in [-0.2, -0.15) is 0 Å². The Kier molecular flexibility index (Phi) is 2.72. The summed E-state index contributed by atoms with van der Waals surface area (Å²) in [5.41, 5.74) is 3.78. The highest BCUT2D eigenvalue weighted by Crippen LogP contribution is 2.65. The van der Waals surface area contributed by atoms with Gasteiger partial charge >= 0.3 is 0 Å². The fraction of sp³-hybridized carbons (Fsp3) is 0.750. The quantitative estimate of drug-likeness (QED) is 0.554. The second kappa shape index (κ2) is 3.82. The van der Waals surface area contributed by atoms with Crippen LogP contribution in [-0.4, -0.2) is 18.1 Å². The van der Waals surface area contributed by atoms with Crippen molar-refractivity contribution in [1.82, 2.24) is 10.9 Å². The third-order valence-electron chi connectivity index (χ3n) is 4.87. The molecule has 94 valence electrons. The summed E-state index contributed by atoms with van der Waals surface area (Å²) in [7, 11) is 0. The third kappa shape index (κ3) is 1.56. The third-order valence-corrected chi connectivity index (χ3v) is 4.87. The van der Waals surface area contributed by atoms with E-state index in [4.69, 9.17) is 0 Å². The van der Waals surface area contributed by atoms with Crippen LogP contribution in [0.5, 0.6) is 0 Å². The van der Waals surface area contributed by atoms with Gasteiger partial charge in [-0.3, -0.25) is 25.2 Å². The van der Waals surface area contributed by atoms with Gasteiger partial charge < -0.3 is 0 Å². The lowest BCUT2D eigenvalue weighted by molar-refractivity contribution is -0.137. The summed E-state index contributed by atoms with van der Waals surface area (Å²) >= 11 is 0. The normalized spacial score (nSPS) is 33.5. The van der Waals surface area contributed by atoms with Crippen molar-refractivity contribution >= 4 is 18.1 Å². The van der Waals surface area contributed by atoms with Gasteiger partial charge in [0.1, 0.15) is 5.78 Å². The molecule has 2 atom stereocenters. The Hall–Kier alpha value is -1.39. The summed E-state index contributed by atoms with van der Waals surface area (Å²) in [6.07, 6.45) is 3.00. The van der Waals surface area contributed by atoms with Crippen LogP contribution in [0.4, 0.5) is 0 Å². The van der Waals surface area contributed by atoms with E-state index in [0.717, 1.165) is 12.8 Å². The molecule has 2 N–H and O–H groups in total. The van der Waals surface area contributed by atoms with Crippen molar-refractivity contribution in [2.75, 3.05) is 0 Å². The molecule has 0 saturated heterocycles. The van der Waals surface area contributed by atoms with Gasteiger partial charge in [0.15, 0.2) is 0 Å². The average molecular weight is 238 g/mol. The fourth-order valence-electron chi connectivity index (χ4n) is 3.61. The van der Waals surface area contributed by atoms with Gasteiger partial charge in [-0.1, -0.05) is 13.8 Å². The number of hydrogen-bond acceptors (Lipinski definition) is 3. The molecule has 5 heteroatoms. The van der Waals surface area contributed by atoms with E-state index < -0.39 is 5.41 Å². The minimum Gasteiger partial charge on any atom is -0.299 e. The standard InChI is InChI=1S/C12H18N2O3/c1-11(2)8-3-4-12(11,9(16)5-8)6-10(17)14-13-7-15/h7-8H,3-6H2,1-2H3,(H,13,15)(H,14,17). The topological polar surface area (TPSA) is 75.3 Å². The predicted octanol–water partition coefficient (Wildman–Crippen LogP) is 0.549. The van der Waals surface area contributed by atoms with E-state index in [-0.39, 0.29) is 23.5 Å². The highest BCUT2D eigenvalue weighted by Gasteiger charge is 2.64. The molecular weight excluding hydrogens is 220 g/mol. The first-order chi connectivity index (χ1) is 7.94. The first-order valence-corrected chi connectivity index (χ1v) is 5.95. The zero-order valence-corrected chi connectivity index (χ0v) is 10.2. The first-order valence-electron chi connectivity index (χ1n) is 5.95. The summed E-state index contributed by atoms with van der Waals surface area (Å²) in [5, 5.41) is 0. The number of nitrogens with one attached hydrogen (secondary N) is 2. The number of carbonyl (C=O) groups excluding carboxylic acids is 3. The summed E-state index contributed by atoms with van der Waals surface area (Å²) < 4.78 is 0. The van der Waals surface area contributed by atoms with E-state index in [0.29, 0.717) is 18.7 Å². The molecule has 2 unspecified atom stereocenters. The second-order valence-electron chi connectivity index (χ2n) is 5.65. The van der Waals surface area contributed by atoms with E-state index >= 15 is 0 Å². The summed E-state index contributed by atoms with van der Waals surface area (Å²) in [6, 6.07) is 0. The molecule has 5 nitrogen and oxygen atoms in total. The maximum Gasteiger partial charge on any atom is 0.239 e. The zero-order chi connectivity index (χ0) is 12.7. The molecule has 2 bridgehead atoms. The molecule has 0 aliphatic heterocycles. The number of fused-ring (bicyclic) bond motifs is 2. The first kappa shape index (κ1) is 12.1. The monoisotopic (exact) mass is 238 g/mol. The lowest BCUT2D eigenvalue weighted by Gasteiger charge is -2.35. The van der Waals surface area contributed by atoms with E-state index in [1.165, 1.54) is 0 Å². The van der Waals surface area contributed by atoms with Gasteiger partial charge in [0.25, 0.3) is 0 Å². The SMILES string of the molecule is CC1(C)C2CCC1(CC(=O)NNC=O)C(=O)C2. The Morgan fingerprint density at radius 2 is 2.24 bits per heavy atom. The Labute approximate surface area is 100 Å². The molecular formula is C12H18N2O3. The maximum atomic E-state index is 12.1. The van der Waals surface area contributed by atoms with Crippen LogP contribution in [0, 0.1) is 16.7 Å². The molecule has 0 aromatic heterocycles. The van der Waals surface area contributed by atoms with Crippen molar-refractivity contribution in [3.8, 4) is 0 Å². The number of hydrazine groups is 1. The Morgan fingerprint density at radius 1 is 1.53 bits per heavy atom. The Morgan fingerprint density at radius 3 is 2.71 bits per heavy atom. The van der Waals surface area contributed by atoms with Gasteiger partial charge in [-0.25, -0.2) is 0 Å². The van der Waals surface area contributed by atoms with Crippen molar-refractivity contribution in [3.63, 3.8) is 0 Å². The van der Waals surface area contributed by atoms with Crippen molar-refractivity contribution in [2.24, 2.45) is 16.7 Å². The highest BCUT2D eigenvalue weighted by atomic mass is 16.2. The molecule has 0 aromatic rings. The molecule has 0 spiro atoms. The van der Waals surface area contributed by atoms with Crippen LogP contribution in [0.2, 0.25) is 0 Å². The van der Waals surface area contributed by atoms with E-state index in [1.54, 1.807) is 0 Å². The van der Waals surface area contributed by atoms with E-state index in [2.05, 4.69) is 24.7 Å². The van der Waals surface area contributed by atoms with Crippen LogP contribution in [0.25, 0.3) is 0 Å². The van der Waals surface area contributed by atoms with E-state index in [1.807, 2.05) is 0 Å². The van der Waals surface area contributed by atoms with Crippen molar-refractivity contribution in [3.05, 3.63) is 0 Å². The molecule has 2 amide bonds. The van der Waals surface area contributed by atoms with Gasteiger partial charge in [0, 0.05) is 18.3 Å². The van der Waals surface area contributed by atoms with Crippen LogP contribution in [0.3, 0.4) is 0 Å². The molecule has 2 fully saturated rings. The Balaban J connectivity index is 2.15. The molecule has 0 heterocycles. The second-order valence-corrected chi connectivity index (χ2v) is 5.65. The number of carbonyl (C=O) groups is 3. The molecule has 2 rings (SSSR count). The minimum atomic E-state index is -0.522. The number of ketones is 1. The Bertz CT molecular complexity index is 378. The molecule has 2 saturated carbocycles. The number of Topliss-reactive ketones (excluding diaryl/α,β-unsaturated/α-hetero) is 1. The van der Waals surface area contributed by atoms with Crippen LogP contribution >= 0.6 is 0 Å². The van der Waals surface area contributed by atoms with Crippen molar-refractivity contribution in [1.29, 1.82) is 0 Å². The maximum absolute atomic E-state index is 12.1. The largest absolute Gasteiger partial charge is 0.299 e. The average Bonchev–Trinajstić information content (AvgIpc) is 2.60. The number of hydrogen-bond donors (Lipinski definition) is 2. The van der Waals surface area contributed by atoms with Crippen LogP contribution in [0.15, 0.2) is 0 Å². The van der Waals surface area contributed by atoms with Gasteiger partial charge in [-0.15, -0.1) is 0 Å². The molecule has 2 aliphatic rings. The van der Waals surface area contributed by atoms with Crippen LogP contribution < -0.4 is 10.9 Å². The lowest BCUT2D eigenvalue weighted by atomic mass is 9.67. The lowest BCUT2D eigenvalue weighted by Crippen LogP contribution is -2.44. The summed E-state index contributed by atoms with van der Waals surface area (Å²) in [4.78, 5) is 33.9. The number of amides is 2. The molecule has 0 radical (unpaired) electrons. The van der Waals surface area contributed by atoms with Gasteiger partial charge in [-0.05, 0) is 24.2 Å². The van der Waals surface area contributed by atoms with Gasteiger partial charge in [0.05, 0.1) is 0 Å². The minimum absolute atomic E-state index is 0.109. The van der Waals surface area contributed by atoms with Crippen molar-refractivity contribution < 1.29 is 14.4 Å². The zero-order valence-electron chi connectivity index (χ0n) is 10.2. The molecule has 2 aliphatic carbocycles. The summed E-state index contributed by atoms with van der Waals surface area (Å²) in [6.45, 7) is 4.16. The van der Waals surface area contributed by atoms with Crippen molar-refractivity contribution in [2.45, 2.75) is 39.5 Å². The van der Waals surface area contributed by atoms with Crippen LogP contribution in [0.1, 0.15) is 39.5 Å². The predicted molar refractivity (Wildman–Crippen MR) is 60.5 cm³/mol. The van der Waals surface area contributed by atoms with E-state index in [9.17, 15) is 14.4 Å². The summed E-state index contributed by atoms with van der Waals surface area (Å²) in [5.74, 6) is 0.322. The molecule has 17 heavy (non-hydrogen) atoms. The number of rotatable bonds is 4. The highest BCUT2D eigenvalue weighted by molar-refractivity contribution is 5.94. The van der Waals surface area contributed by atoms with Gasteiger partial charge in [0.2, 0.25) is 12.3 Å².